The number of rotatable bonds is 5. The Morgan fingerprint density at radius 3 is 2.52 bits per heavy atom. The number of aliphatic carboxylic acids is 1. The van der Waals surface area contributed by atoms with Crippen molar-refractivity contribution < 1.29 is 14.7 Å². The molecule has 1 amide bonds. The maximum atomic E-state index is 12.3. The summed E-state index contributed by atoms with van der Waals surface area (Å²) in [5, 5.41) is 12.1. The average molecular weight is 289 g/mol. The number of benzene rings is 1. The second kappa shape index (κ2) is 6.29. The molecule has 0 aliphatic heterocycles. The number of hydrogen-bond donors (Lipinski definition) is 2. The van der Waals surface area contributed by atoms with Gasteiger partial charge in [-0.15, -0.1) is 0 Å². The lowest BCUT2D eigenvalue weighted by atomic mass is 9.81. The minimum Gasteiger partial charge on any atom is -0.481 e. The molecule has 114 valence electrons. The molecule has 4 nitrogen and oxygen atoms in total. The normalized spacial score (nSPS) is 22.0. The summed E-state index contributed by atoms with van der Waals surface area (Å²) in [4.78, 5) is 23.4. The topological polar surface area (TPSA) is 66.4 Å². The van der Waals surface area contributed by atoms with Gasteiger partial charge in [0.2, 0.25) is 5.91 Å². The molecule has 0 bridgehead atoms. The maximum absolute atomic E-state index is 12.3. The third kappa shape index (κ3) is 3.84. The zero-order valence-corrected chi connectivity index (χ0v) is 12.6. The van der Waals surface area contributed by atoms with E-state index in [2.05, 4.69) is 5.32 Å². The molecule has 0 saturated heterocycles. The van der Waals surface area contributed by atoms with Crippen molar-refractivity contribution >= 4 is 11.9 Å². The van der Waals surface area contributed by atoms with Crippen LogP contribution in [0.1, 0.15) is 45.1 Å². The van der Waals surface area contributed by atoms with E-state index in [0.29, 0.717) is 12.8 Å². The molecule has 1 aromatic rings. The SMILES string of the molecule is CC(C)(CC(=O)N[C@@H]1CCC[C@@H]1C(=O)O)c1ccccc1. The largest absolute Gasteiger partial charge is 0.481 e. The van der Waals surface area contributed by atoms with Crippen molar-refractivity contribution in [1.29, 1.82) is 0 Å². The standard InChI is InChI=1S/C17H23NO3/c1-17(2,12-7-4-3-5-8-12)11-15(19)18-14-10-6-9-13(14)16(20)21/h3-5,7-8,13-14H,6,9-11H2,1-2H3,(H,18,19)(H,20,21)/t13-,14+/m0/s1. The van der Waals surface area contributed by atoms with Crippen LogP contribution in [0, 0.1) is 5.92 Å². The summed E-state index contributed by atoms with van der Waals surface area (Å²) in [6, 6.07) is 9.70. The minimum atomic E-state index is -0.805. The molecule has 2 rings (SSSR count). The van der Waals surface area contributed by atoms with E-state index in [1.54, 1.807) is 0 Å². The number of carbonyl (C=O) groups excluding carboxylic acids is 1. The maximum Gasteiger partial charge on any atom is 0.308 e. The fourth-order valence-corrected chi connectivity index (χ4v) is 3.08. The Bertz CT molecular complexity index is 510. The second-order valence-corrected chi connectivity index (χ2v) is 6.48. The number of hydrogen-bond acceptors (Lipinski definition) is 2. The summed E-state index contributed by atoms with van der Waals surface area (Å²) >= 11 is 0. The van der Waals surface area contributed by atoms with Gasteiger partial charge in [-0.25, -0.2) is 0 Å². The van der Waals surface area contributed by atoms with E-state index >= 15 is 0 Å². The van der Waals surface area contributed by atoms with Crippen molar-refractivity contribution in [2.45, 2.75) is 51.0 Å². The highest BCUT2D eigenvalue weighted by molar-refractivity contribution is 5.79. The lowest BCUT2D eigenvalue weighted by Gasteiger charge is -2.26. The van der Waals surface area contributed by atoms with Crippen LogP contribution >= 0.6 is 0 Å². The number of nitrogens with one attached hydrogen (secondary N) is 1. The first-order valence-electron chi connectivity index (χ1n) is 7.48. The van der Waals surface area contributed by atoms with E-state index in [0.717, 1.165) is 18.4 Å². The van der Waals surface area contributed by atoms with Crippen LogP contribution in [0.15, 0.2) is 30.3 Å². The van der Waals surface area contributed by atoms with Crippen LogP contribution in [-0.2, 0) is 15.0 Å². The first-order valence-corrected chi connectivity index (χ1v) is 7.48. The molecule has 0 unspecified atom stereocenters. The minimum absolute atomic E-state index is 0.0676. The van der Waals surface area contributed by atoms with E-state index < -0.39 is 11.9 Å². The van der Waals surface area contributed by atoms with Gasteiger partial charge >= 0.3 is 5.97 Å². The number of carboxylic acids is 1. The van der Waals surface area contributed by atoms with Gasteiger partial charge in [0.1, 0.15) is 0 Å². The smallest absolute Gasteiger partial charge is 0.308 e. The predicted molar refractivity (Wildman–Crippen MR) is 81.0 cm³/mol. The van der Waals surface area contributed by atoms with Crippen molar-refractivity contribution in [2.75, 3.05) is 0 Å². The summed E-state index contributed by atoms with van der Waals surface area (Å²) in [6.45, 7) is 4.07. The van der Waals surface area contributed by atoms with Crippen LogP contribution in [-0.4, -0.2) is 23.0 Å². The van der Waals surface area contributed by atoms with Crippen molar-refractivity contribution in [1.82, 2.24) is 5.32 Å². The molecule has 1 aliphatic carbocycles. The van der Waals surface area contributed by atoms with Crippen molar-refractivity contribution in [2.24, 2.45) is 5.92 Å². The molecule has 2 N–H and O–H groups in total. The summed E-state index contributed by atoms with van der Waals surface area (Å²) in [7, 11) is 0. The highest BCUT2D eigenvalue weighted by Crippen LogP contribution is 2.29. The van der Waals surface area contributed by atoms with Gasteiger partial charge in [0, 0.05) is 12.5 Å². The van der Waals surface area contributed by atoms with Crippen LogP contribution < -0.4 is 5.32 Å². The van der Waals surface area contributed by atoms with Gasteiger partial charge in [-0.1, -0.05) is 50.6 Å². The molecule has 1 aromatic carbocycles. The molecule has 2 atom stereocenters. The molecule has 1 saturated carbocycles. The van der Waals surface area contributed by atoms with E-state index in [-0.39, 0.29) is 17.4 Å². The van der Waals surface area contributed by atoms with Gasteiger partial charge in [-0.2, -0.15) is 0 Å². The van der Waals surface area contributed by atoms with Crippen molar-refractivity contribution in [3.8, 4) is 0 Å². The Hall–Kier alpha value is -1.84. The van der Waals surface area contributed by atoms with E-state index in [1.165, 1.54) is 0 Å². The average Bonchev–Trinajstić information content (AvgIpc) is 2.87. The third-order valence-electron chi connectivity index (χ3n) is 4.34. The van der Waals surface area contributed by atoms with Crippen LogP contribution in [0.25, 0.3) is 0 Å². The third-order valence-corrected chi connectivity index (χ3v) is 4.34. The summed E-state index contributed by atoms with van der Waals surface area (Å²) in [5.74, 6) is -1.31. The molecular formula is C17H23NO3. The second-order valence-electron chi connectivity index (χ2n) is 6.48. The molecule has 4 heteroatoms. The highest BCUT2D eigenvalue weighted by Gasteiger charge is 2.34. The van der Waals surface area contributed by atoms with E-state index in [9.17, 15) is 9.59 Å². The molecule has 0 heterocycles. The van der Waals surface area contributed by atoms with Gasteiger partial charge in [0.25, 0.3) is 0 Å². The monoisotopic (exact) mass is 289 g/mol. The first-order chi connectivity index (χ1) is 9.90. The lowest BCUT2D eigenvalue weighted by molar-refractivity contribution is -0.142. The summed E-state index contributed by atoms with van der Waals surface area (Å²) in [6.07, 6.45) is 2.64. The van der Waals surface area contributed by atoms with Gasteiger partial charge in [-0.05, 0) is 23.8 Å². The Morgan fingerprint density at radius 2 is 1.90 bits per heavy atom. The van der Waals surface area contributed by atoms with Gasteiger partial charge in [0.05, 0.1) is 5.92 Å². The summed E-state index contributed by atoms with van der Waals surface area (Å²) in [5.41, 5.74) is 0.851. The Morgan fingerprint density at radius 1 is 1.24 bits per heavy atom. The van der Waals surface area contributed by atoms with E-state index in [4.69, 9.17) is 5.11 Å². The van der Waals surface area contributed by atoms with Crippen LogP contribution in [0.5, 0.6) is 0 Å². The molecule has 1 fully saturated rings. The van der Waals surface area contributed by atoms with Crippen molar-refractivity contribution in [3.63, 3.8) is 0 Å². The highest BCUT2D eigenvalue weighted by atomic mass is 16.4. The molecule has 0 aromatic heterocycles. The Balaban J connectivity index is 1.97. The lowest BCUT2D eigenvalue weighted by Crippen LogP contribution is -2.42. The van der Waals surface area contributed by atoms with Crippen LogP contribution in [0.4, 0.5) is 0 Å². The fraction of sp³-hybridized carbons (Fsp3) is 0.529. The molecule has 0 spiro atoms. The van der Waals surface area contributed by atoms with Crippen molar-refractivity contribution in [3.05, 3.63) is 35.9 Å². The number of amides is 1. The van der Waals surface area contributed by atoms with E-state index in [1.807, 2.05) is 44.2 Å². The molecule has 1 aliphatic rings. The molecule has 21 heavy (non-hydrogen) atoms. The fourth-order valence-electron chi connectivity index (χ4n) is 3.08. The number of carbonyl (C=O) groups is 2. The van der Waals surface area contributed by atoms with Gasteiger partial charge in [0.15, 0.2) is 0 Å². The van der Waals surface area contributed by atoms with Gasteiger partial charge < -0.3 is 10.4 Å². The zero-order valence-electron chi connectivity index (χ0n) is 12.6. The summed E-state index contributed by atoms with van der Waals surface area (Å²) < 4.78 is 0. The van der Waals surface area contributed by atoms with Crippen LogP contribution in [0.2, 0.25) is 0 Å². The number of carboxylic acid groups (broad SMARTS) is 1. The zero-order chi connectivity index (χ0) is 15.5. The molecular weight excluding hydrogens is 266 g/mol. The molecule has 0 radical (unpaired) electrons. The predicted octanol–water partition coefficient (Wildman–Crippen LogP) is 2.72. The first kappa shape index (κ1) is 15.5. The van der Waals surface area contributed by atoms with Gasteiger partial charge in [-0.3, -0.25) is 9.59 Å². The quantitative estimate of drug-likeness (QED) is 0.876. The van der Waals surface area contributed by atoms with Crippen LogP contribution in [0.3, 0.4) is 0 Å². The Labute approximate surface area is 125 Å². The Kier molecular flexibility index (Phi) is 4.66.